The number of piperidine rings is 1. The molecule has 1 heterocycles. The molecule has 1 aliphatic rings. The van der Waals surface area contributed by atoms with Gasteiger partial charge in [-0.3, -0.25) is 4.90 Å². The molecule has 120 valence electrons. The molecule has 0 aromatic heterocycles. The Labute approximate surface area is 139 Å². The van der Waals surface area contributed by atoms with Crippen LogP contribution in [0.5, 0.6) is 0 Å². The van der Waals surface area contributed by atoms with Crippen LogP contribution in [0.4, 0.5) is 0 Å². The smallest absolute Gasteiger partial charge is 0.0453 e. The number of likely N-dealkylation sites (tertiary alicyclic amines) is 1. The molecular weight excluding hydrogens is 280 g/mol. The third kappa shape index (κ3) is 3.72. The number of rotatable bonds is 5. The van der Waals surface area contributed by atoms with Gasteiger partial charge in [0.15, 0.2) is 0 Å². The summed E-state index contributed by atoms with van der Waals surface area (Å²) < 4.78 is 0. The van der Waals surface area contributed by atoms with E-state index >= 15 is 0 Å². The molecule has 2 aromatic carbocycles. The highest BCUT2D eigenvalue weighted by Crippen LogP contribution is 2.29. The van der Waals surface area contributed by atoms with Gasteiger partial charge < -0.3 is 5.73 Å². The van der Waals surface area contributed by atoms with Crippen molar-refractivity contribution in [1.82, 2.24) is 4.90 Å². The van der Waals surface area contributed by atoms with Crippen LogP contribution in [-0.2, 0) is 0 Å². The molecule has 1 fully saturated rings. The molecule has 0 unspecified atom stereocenters. The summed E-state index contributed by atoms with van der Waals surface area (Å²) >= 11 is 0. The van der Waals surface area contributed by atoms with Crippen molar-refractivity contribution in [2.45, 2.75) is 31.3 Å². The SMILES string of the molecule is C=CCN1CCCC[C@H]1[C@@H](N)c1cccc(-c2ccccc2)c1. The first-order valence-electron chi connectivity index (χ1n) is 8.55. The van der Waals surface area contributed by atoms with Crippen molar-refractivity contribution in [1.29, 1.82) is 0 Å². The molecule has 1 aliphatic heterocycles. The molecule has 0 radical (unpaired) electrons. The van der Waals surface area contributed by atoms with E-state index in [1.165, 1.54) is 36.0 Å². The van der Waals surface area contributed by atoms with E-state index in [2.05, 4.69) is 60.0 Å². The van der Waals surface area contributed by atoms with Crippen LogP contribution in [0.15, 0.2) is 67.3 Å². The zero-order valence-corrected chi connectivity index (χ0v) is 13.7. The van der Waals surface area contributed by atoms with E-state index in [4.69, 9.17) is 5.73 Å². The maximum absolute atomic E-state index is 6.66. The molecule has 23 heavy (non-hydrogen) atoms. The van der Waals surface area contributed by atoms with E-state index in [0.29, 0.717) is 6.04 Å². The second-order valence-corrected chi connectivity index (χ2v) is 6.36. The number of hydrogen-bond donors (Lipinski definition) is 1. The molecule has 2 N–H and O–H groups in total. The quantitative estimate of drug-likeness (QED) is 0.830. The normalized spacial score (nSPS) is 20.1. The molecular formula is C21H26N2. The van der Waals surface area contributed by atoms with Gasteiger partial charge in [-0.1, -0.05) is 61.0 Å². The second kappa shape index (κ2) is 7.58. The van der Waals surface area contributed by atoms with Crippen molar-refractivity contribution in [3.63, 3.8) is 0 Å². The average molecular weight is 306 g/mol. The number of benzene rings is 2. The lowest BCUT2D eigenvalue weighted by Gasteiger charge is -2.38. The number of nitrogens with two attached hydrogens (primary N) is 1. The summed E-state index contributed by atoms with van der Waals surface area (Å²) in [6.07, 6.45) is 5.70. The van der Waals surface area contributed by atoms with Crippen LogP contribution in [0.3, 0.4) is 0 Å². The van der Waals surface area contributed by atoms with E-state index in [9.17, 15) is 0 Å². The predicted molar refractivity (Wildman–Crippen MR) is 98.2 cm³/mol. The Morgan fingerprint density at radius 3 is 2.65 bits per heavy atom. The second-order valence-electron chi connectivity index (χ2n) is 6.36. The first-order valence-corrected chi connectivity index (χ1v) is 8.55. The topological polar surface area (TPSA) is 29.3 Å². The first-order chi connectivity index (χ1) is 11.3. The van der Waals surface area contributed by atoms with Crippen LogP contribution in [-0.4, -0.2) is 24.0 Å². The van der Waals surface area contributed by atoms with Crippen molar-refractivity contribution < 1.29 is 0 Å². The Hall–Kier alpha value is -1.90. The highest BCUT2D eigenvalue weighted by Gasteiger charge is 2.27. The number of hydrogen-bond acceptors (Lipinski definition) is 2. The van der Waals surface area contributed by atoms with Gasteiger partial charge in [0.25, 0.3) is 0 Å². The first kappa shape index (κ1) is 16.0. The van der Waals surface area contributed by atoms with Crippen molar-refractivity contribution in [2.24, 2.45) is 5.73 Å². The van der Waals surface area contributed by atoms with E-state index < -0.39 is 0 Å². The molecule has 0 aliphatic carbocycles. The molecule has 2 heteroatoms. The Balaban J connectivity index is 1.84. The minimum atomic E-state index is 0.0545. The Morgan fingerprint density at radius 2 is 1.87 bits per heavy atom. The van der Waals surface area contributed by atoms with Crippen molar-refractivity contribution >= 4 is 0 Å². The third-order valence-electron chi connectivity index (χ3n) is 4.82. The van der Waals surface area contributed by atoms with Crippen molar-refractivity contribution in [2.75, 3.05) is 13.1 Å². The zero-order valence-electron chi connectivity index (χ0n) is 13.7. The molecule has 0 amide bonds. The lowest BCUT2D eigenvalue weighted by molar-refractivity contribution is 0.141. The van der Waals surface area contributed by atoms with E-state index in [0.717, 1.165) is 13.1 Å². The number of nitrogens with zero attached hydrogens (tertiary/aromatic N) is 1. The van der Waals surface area contributed by atoms with Gasteiger partial charge in [-0.25, -0.2) is 0 Å². The van der Waals surface area contributed by atoms with Gasteiger partial charge in [0.1, 0.15) is 0 Å². The molecule has 0 bridgehead atoms. The van der Waals surface area contributed by atoms with Gasteiger partial charge in [-0.2, -0.15) is 0 Å². The lowest BCUT2D eigenvalue weighted by Crippen LogP contribution is -2.45. The van der Waals surface area contributed by atoms with Gasteiger partial charge in [-0.05, 0) is 42.1 Å². The minimum Gasteiger partial charge on any atom is -0.323 e. The van der Waals surface area contributed by atoms with Crippen LogP contribution in [0.25, 0.3) is 11.1 Å². The molecule has 1 saturated heterocycles. The summed E-state index contributed by atoms with van der Waals surface area (Å²) in [5.41, 5.74) is 10.4. The minimum absolute atomic E-state index is 0.0545. The van der Waals surface area contributed by atoms with Gasteiger partial charge in [0.05, 0.1) is 0 Å². The highest BCUT2D eigenvalue weighted by molar-refractivity contribution is 5.64. The van der Waals surface area contributed by atoms with Crippen molar-refractivity contribution in [3.8, 4) is 11.1 Å². The zero-order chi connectivity index (χ0) is 16.1. The van der Waals surface area contributed by atoms with Crippen LogP contribution < -0.4 is 5.73 Å². The molecule has 3 rings (SSSR count). The fourth-order valence-electron chi connectivity index (χ4n) is 3.59. The van der Waals surface area contributed by atoms with Crippen LogP contribution in [0.2, 0.25) is 0 Å². The molecule has 0 saturated carbocycles. The largest absolute Gasteiger partial charge is 0.323 e. The fraction of sp³-hybridized carbons (Fsp3) is 0.333. The maximum Gasteiger partial charge on any atom is 0.0453 e. The summed E-state index contributed by atoms with van der Waals surface area (Å²) in [5, 5.41) is 0. The monoisotopic (exact) mass is 306 g/mol. The summed E-state index contributed by atoms with van der Waals surface area (Å²) in [6.45, 7) is 5.95. The standard InChI is InChI=1S/C21H26N2/c1-2-14-23-15-7-6-13-20(23)21(22)19-12-8-11-18(16-19)17-9-4-3-5-10-17/h2-5,8-12,16,20-21H,1,6-7,13-15,22H2/t20-,21-/m0/s1. The Morgan fingerprint density at radius 1 is 1.09 bits per heavy atom. The summed E-state index contributed by atoms with van der Waals surface area (Å²) in [6, 6.07) is 19.7. The molecule has 2 atom stereocenters. The molecule has 2 aromatic rings. The van der Waals surface area contributed by atoms with E-state index in [1.54, 1.807) is 0 Å². The van der Waals surface area contributed by atoms with Gasteiger partial charge in [-0.15, -0.1) is 6.58 Å². The molecule has 2 nitrogen and oxygen atoms in total. The van der Waals surface area contributed by atoms with E-state index in [1.807, 2.05) is 12.1 Å². The van der Waals surface area contributed by atoms with Crippen LogP contribution in [0.1, 0.15) is 30.9 Å². The molecule has 0 spiro atoms. The van der Waals surface area contributed by atoms with Gasteiger partial charge in [0.2, 0.25) is 0 Å². The summed E-state index contributed by atoms with van der Waals surface area (Å²) in [7, 11) is 0. The fourth-order valence-corrected chi connectivity index (χ4v) is 3.59. The van der Waals surface area contributed by atoms with Crippen LogP contribution in [0, 0.1) is 0 Å². The highest BCUT2D eigenvalue weighted by atomic mass is 15.2. The lowest BCUT2D eigenvalue weighted by atomic mass is 9.90. The summed E-state index contributed by atoms with van der Waals surface area (Å²) in [5.74, 6) is 0. The van der Waals surface area contributed by atoms with Gasteiger partial charge >= 0.3 is 0 Å². The average Bonchev–Trinajstić information content (AvgIpc) is 2.63. The third-order valence-corrected chi connectivity index (χ3v) is 4.82. The maximum atomic E-state index is 6.66. The van der Waals surface area contributed by atoms with Gasteiger partial charge in [0, 0.05) is 18.6 Å². The predicted octanol–water partition coefficient (Wildman–Crippen LogP) is 4.39. The Bertz CT molecular complexity index is 635. The Kier molecular flexibility index (Phi) is 5.27. The summed E-state index contributed by atoms with van der Waals surface area (Å²) in [4.78, 5) is 2.48. The van der Waals surface area contributed by atoms with Crippen LogP contribution >= 0.6 is 0 Å². The van der Waals surface area contributed by atoms with Crippen molar-refractivity contribution in [3.05, 3.63) is 72.8 Å². The van der Waals surface area contributed by atoms with E-state index in [-0.39, 0.29) is 6.04 Å².